The van der Waals surface area contributed by atoms with Crippen molar-refractivity contribution in [3.63, 3.8) is 0 Å². The van der Waals surface area contributed by atoms with Crippen molar-refractivity contribution in [3.8, 4) is 0 Å². The van der Waals surface area contributed by atoms with E-state index in [1.54, 1.807) is 0 Å². The van der Waals surface area contributed by atoms with Gasteiger partial charge in [-0.05, 0) is 63.0 Å². The van der Waals surface area contributed by atoms with Crippen LogP contribution in [0.4, 0.5) is 10.5 Å². The lowest BCUT2D eigenvalue weighted by atomic mass is 10.0. The number of nitrogens with zero attached hydrogens (tertiary/aromatic N) is 2. The minimum Gasteiger partial charge on any atom is -0.321 e. The van der Waals surface area contributed by atoms with E-state index in [0.29, 0.717) is 6.04 Å². The minimum absolute atomic E-state index is 0.0338. The van der Waals surface area contributed by atoms with E-state index in [2.05, 4.69) is 30.1 Å². The van der Waals surface area contributed by atoms with Crippen LogP contribution in [0.3, 0.4) is 0 Å². The highest BCUT2D eigenvalue weighted by Crippen LogP contribution is 2.21. The van der Waals surface area contributed by atoms with Crippen LogP contribution in [0.1, 0.15) is 30.4 Å². The van der Waals surface area contributed by atoms with Gasteiger partial charge < -0.3 is 10.2 Å². The van der Waals surface area contributed by atoms with Gasteiger partial charge >= 0.3 is 6.03 Å². The molecule has 1 aromatic rings. The second kappa shape index (κ2) is 6.06. The summed E-state index contributed by atoms with van der Waals surface area (Å²) in [5.74, 6) is 0. The summed E-state index contributed by atoms with van der Waals surface area (Å²) in [6, 6.07) is 6.68. The van der Waals surface area contributed by atoms with E-state index in [9.17, 15) is 4.79 Å². The van der Waals surface area contributed by atoms with Crippen LogP contribution in [-0.2, 0) is 0 Å². The Kier molecular flexibility index (Phi) is 4.15. The molecule has 2 saturated heterocycles. The second-order valence-electron chi connectivity index (χ2n) is 6.38. The van der Waals surface area contributed by atoms with Gasteiger partial charge in [0.1, 0.15) is 0 Å². The van der Waals surface area contributed by atoms with Crippen LogP contribution < -0.4 is 5.32 Å². The van der Waals surface area contributed by atoms with Gasteiger partial charge in [-0.15, -0.1) is 0 Å². The Labute approximate surface area is 127 Å². The molecule has 1 aromatic carbocycles. The molecule has 4 heteroatoms. The first kappa shape index (κ1) is 14.4. The van der Waals surface area contributed by atoms with Crippen LogP contribution >= 0.6 is 0 Å². The number of rotatable bonds is 2. The van der Waals surface area contributed by atoms with Gasteiger partial charge in [0.05, 0.1) is 0 Å². The predicted octanol–water partition coefficient (Wildman–Crippen LogP) is 3.01. The molecule has 0 bridgehead atoms. The Balaban J connectivity index is 1.50. The molecule has 0 aromatic heterocycles. The van der Waals surface area contributed by atoms with Crippen molar-refractivity contribution in [2.45, 2.75) is 39.2 Å². The van der Waals surface area contributed by atoms with Gasteiger partial charge in [-0.2, -0.15) is 0 Å². The molecule has 0 spiro atoms. The molecule has 0 atom stereocenters. The summed E-state index contributed by atoms with van der Waals surface area (Å²) in [6.07, 6.45) is 3.98. The summed E-state index contributed by atoms with van der Waals surface area (Å²) >= 11 is 0. The van der Waals surface area contributed by atoms with Gasteiger partial charge in [0.25, 0.3) is 0 Å². The molecule has 0 aliphatic carbocycles. The highest BCUT2D eigenvalue weighted by atomic mass is 16.2. The Morgan fingerprint density at radius 3 is 2.48 bits per heavy atom. The van der Waals surface area contributed by atoms with Gasteiger partial charge in [-0.1, -0.05) is 12.5 Å². The lowest BCUT2D eigenvalue weighted by Gasteiger charge is -2.46. The molecule has 2 amide bonds. The SMILES string of the molecule is Cc1ccc(NC(=O)N2CC(N3CCCCC3)C2)cc1C. The minimum atomic E-state index is 0.0338. The van der Waals surface area contributed by atoms with Crippen LogP contribution in [0.5, 0.6) is 0 Å². The molecule has 2 heterocycles. The smallest absolute Gasteiger partial charge is 0.321 e. The maximum absolute atomic E-state index is 12.2. The number of benzene rings is 1. The topological polar surface area (TPSA) is 35.6 Å². The van der Waals surface area contributed by atoms with Crippen molar-refractivity contribution < 1.29 is 4.79 Å². The molecule has 2 aliphatic rings. The summed E-state index contributed by atoms with van der Waals surface area (Å²) in [4.78, 5) is 16.7. The van der Waals surface area contributed by atoms with Crippen molar-refractivity contribution in [2.24, 2.45) is 0 Å². The van der Waals surface area contributed by atoms with Crippen molar-refractivity contribution in [1.82, 2.24) is 9.80 Å². The summed E-state index contributed by atoms with van der Waals surface area (Å²) in [6.45, 7) is 8.31. The third-order valence-electron chi connectivity index (χ3n) is 4.81. The molecule has 0 unspecified atom stereocenters. The number of aryl methyl sites for hydroxylation is 2. The Morgan fingerprint density at radius 1 is 1.10 bits per heavy atom. The van der Waals surface area contributed by atoms with Gasteiger partial charge in [-0.25, -0.2) is 4.79 Å². The van der Waals surface area contributed by atoms with E-state index in [1.807, 2.05) is 17.0 Å². The zero-order valence-electron chi connectivity index (χ0n) is 13.1. The first-order chi connectivity index (χ1) is 10.1. The third-order valence-corrected chi connectivity index (χ3v) is 4.81. The van der Waals surface area contributed by atoms with Gasteiger partial charge in [0.15, 0.2) is 0 Å². The van der Waals surface area contributed by atoms with E-state index in [4.69, 9.17) is 0 Å². The number of amides is 2. The van der Waals surface area contributed by atoms with Gasteiger partial charge in [0.2, 0.25) is 0 Å². The van der Waals surface area contributed by atoms with Crippen LogP contribution in [0.25, 0.3) is 0 Å². The number of nitrogens with one attached hydrogen (secondary N) is 1. The van der Waals surface area contributed by atoms with Gasteiger partial charge in [-0.3, -0.25) is 4.90 Å². The first-order valence-corrected chi connectivity index (χ1v) is 8.01. The van der Waals surface area contributed by atoms with Crippen molar-refractivity contribution in [3.05, 3.63) is 29.3 Å². The predicted molar refractivity (Wildman–Crippen MR) is 85.7 cm³/mol. The quantitative estimate of drug-likeness (QED) is 0.907. The van der Waals surface area contributed by atoms with Crippen molar-refractivity contribution in [1.29, 1.82) is 0 Å². The van der Waals surface area contributed by atoms with Crippen molar-refractivity contribution in [2.75, 3.05) is 31.5 Å². The zero-order chi connectivity index (χ0) is 14.8. The zero-order valence-corrected chi connectivity index (χ0v) is 13.1. The Morgan fingerprint density at radius 2 is 1.81 bits per heavy atom. The largest absolute Gasteiger partial charge is 0.321 e. The summed E-state index contributed by atoms with van der Waals surface area (Å²) in [5, 5.41) is 3.00. The number of likely N-dealkylation sites (tertiary alicyclic amines) is 2. The highest BCUT2D eigenvalue weighted by molar-refractivity contribution is 5.90. The fraction of sp³-hybridized carbons (Fsp3) is 0.588. The maximum Gasteiger partial charge on any atom is 0.321 e. The van der Waals surface area contributed by atoms with Crippen molar-refractivity contribution >= 4 is 11.7 Å². The monoisotopic (exact) mass is 287 g/mol. The number of piperidine rings is 1. The van der Waals surface area contributed by atoms with Gasteiger partial charge in [0, 0.05) is 24.8 Å². The summed E-state index contributed by atoms with van der Waals surface area (Å²) in [7, 11) is 0. The molecule has 3 rings (SSSR count). The fourth-order valence-corrected chi connectivity index (χ4v) is 3.16. The molecule has 1 N–H and O–H groups in total. The van der Waals surface area contributed by atoms with E-state index in [-0.39, 0.29) is 6.03 Å². The number of carbonyl (C=O) groups is 1. The van der Waals surface area contributed by atoms with E-state index < -0.39 is 0 Å². The van der Waals surface area contributed by atoms with Crippen LogP contribution in [0, 0.1) is 13.8 Å². The van der Waals surface area contributed by atoms with E-state index in [1.165, 1.54) is 43.5 Å². The molecule has 0 radical (unpaired) electrons. The molecular weight excluding hydrogens is 262 g/mol. The summed E-state index contributed by atoms with van der Waals surface area (Å²) in [5.41, 5.74) is 3.36. The third kappa shape index (κ3) is 3.21. The molecule has 4 nitrogen and oxygen atoms in total. The number of anilines is 1. The normalized spacial score (nSPS) is 20.2. The number of hydrogen-bond acceptors (Lipinski definition) is 2. The second-order valence-corrected chi connectivity index (χ2v) is 6.38. The average molecular weight is 287 g/mol. The lowest BCUT2D eigenvalue weighted by Crippen LogP contribution is -2.62. The first-order valence-electron chi connectivity index (χ1n) is 8.01. The molecule has 21 heavy (non-hydrogen) atoms. The number of urea groups is 1. The lowest BCUT2D eigenvalue weighted by molar-refractivity contribution is 0.0493. The Hall–Kier alpha value is -1.55. The van der Waals surface area contributed by atoms with Crippen LogP contribution in [0.2, 0.25) is 0 Å². The van der Waals surface area contributed by atoms with E-state index >= 15 is 0 Å². The standard InChI is InChI=1S/C17H25N3O/c1-13-6-7-15(10-14(13)2)18-17(21)20-11-16(12-20)19-8-4-3-5-9-19/h6-7,10,16H,3-5,8-9,11-12H2,1-2H3,(H,18,21). The Bertz CT molecular complexity index is 517. The average Bonchev–Trinajstić information content (AvgIpc) is 2.42. The molecular formula is C17H25N3O. The molecule has 0 saturated carbocycles. The maximum atomic E-state index is 12.2. The fourth-order valence-electron chi connectivity index (χ4n) is 3.16. The van der Waals surface area contributed by atoms with Crippen LogP contribution in [-0.4, -0.2) is 48.1 Å². The van der Waals surface area contributed by atoms with E-state index in [0.717, 1.165) is 18.8 Å². The molecule has 2 fully saturated rings. The molecule has 114 valence electrons. The number of hydrogen-bond donors (Lipinski definition) is 1. The summed E-state index contributed by atoms with van der Waals surface area (Å²) < 4.78 is 0. The molecule has 2 aliphatic heterocycles. The number of carbonyl (C=O) groups excluding carboxylic acids is 1. The van der Waals surface area contributed by atoms with Crippen LogP contribution in [0.15, 0.2) is 18.2 Å². The highest BCUT2D eigenvalue weighted by Gasteiger charge is 2.35.